The molecule has 0 amide bonds. The summed E-state index contributed by atoms with van der Waals surface area (Å²) in [6, 6.07) is 5.78. The topological polar surface area (TPSA) is 62.3 Å². The number of nitrogens with zero attached hydrogens (tertiary/aromatic N) is 2. The van der Waals surface area contributed by atoms with Crippen LogP contribution in [-0.4, -0.2) is 16.6 Å². The number of nitrogens with two attached hydrogens (primary N) is 1. The summed E-state index contributed by atoms with van der Waals surface area (Å²) >= 11 is 0. The Morgan fingerprint density at radius 2 is 2.06 bits per heavy atom. The van der Waals surface area contributed by atoms with Gasteiger partial charge in [0.05, 0.1) is 5.69 Å². The lowest BCUT2D eigenvalue weighted by Gasteiger charge is -2.00. The lowest BCUT2D eigenvalue weighted by atomic mass is 10.1. The van der Waals surface area contributed by atoms with Crippen LogP contribution in [0, 0.1) is 6.92 Å². The van der Waals surface area contributed by atoms with Crippen molar-refractivity contribution in [1.29, 1.82) is 0 Å². The van der Waals surface area contributed by atoms with Crippen LogP contribution in [0.5, 0.6) is 11.5 Å². The predicted molar refractivity (Wildman–Crippen MR) is 63.9 cm³/mol. The van der Waals surface area contributed by atoms with E-state index in [1.54, 1.807) is 4.68 Å². The number of anilines is 1. The number of rotatable bonds is 1. The molecule has 0 unspecified atom stereocenters. The van der Waals surface area contributed by atoms with Gasteiger partial charge in [-0.25, -0.2) is 0 Å². The molecule has 17 heavy (non-hydrogen) atoms. The molecule has 0 saturated heterocycles. The molecule has 1 aromatic heterocycles. The van der Waals surface area contributed by atoms with Crippen LogP contribution in [0.3, 0.4) is 0 Å². The highest BCUT2D eigenvalue weighted by Gasteiger charge is 2.17. The molecule has 1 aliphatic heterocycles. The molecule has 0 fully saturated rings. The van der Waals surface area contributed by atoms with E-state index in [1.165, 1.54) is 0 Å². The van der Waals surface area contributed by atoms with Gasteiger partial charge in [-0.15, -0.1) is 0 Å². The molecule has 1 aliphatic rings. The number of hydrogen-bond acceptors (Lipinski definition) is 4. The van der Waals surface area contributed by atoms with Gasteiger partial charge in [-0.3, -0.25) is 4.68 Å². The molecule has 0 radical (unpaired) electrons. The van der Waals surface area contributed by atoms with Gasteiger partial charge in [-0.1, -0.05) is 0 Å². The molecule has 1 aromatic carbocycles. The van der Waals surface area contributed by atoms with Crippen LogP contribution in [0.15, 0.2) is 18.2 Å². The zero-order chi connectivity index (χ0) is 12.0. The normalized spacial score (nSPS) is 13.1. The van der Waals surface area contributed by atoms with E-state index in [0.717, 1.165) is 28.3 Å². The Kier molecular flexibility index (Phi) is 2.01. The first kappa shape index (κ1) is 10.0. The zero-order valence-corrected chi connectivity index (χ0v) is 9.73. The highest BCUT2D eigenvalue weighted by molar-refractivity contribution is 5.70. The fraction of sp³-hybridized carbons (Fsp3) is 0.250. The van der Waals surface area contributed by atoms with Crippen LogP contribution in [0.4, 0.5) is 5.82 Å². The van der Waals surface area contributed by atoms with Crippen LogP contribution < -0.4 is 15.2 Å². The van der Waals surface area contributed by atoms with Crippen molar-refractivity contribution in [3.63, 3.8) is 0 Å². The first-order chi connectivity index (χ1) is 8.16. The smallest absolute Gasteiger partial charge is 0.231 e. The maximum Gasteiger partial charge on any atom is 0.231 e. The molecule has 0 atom stereocenters. The van der Waals surface area contributed by atoms with Gasteiger partial charge in [0.1, 0.15) is 5.82 Å². The van der Waals surface area contributed by atoms with Crippen LogP contribution in [0.2, 0.25) is 0 Å². The van der Waals surface area contributed by atoms with Gasteiger partial charge in [-0.2, -0.15) is 5.10 Å². The third-order valence-electron chi connectivity index (χ3n) is 2.98. The largest absolute Gasteiger partial charge is 0.454 e. The monoisotopic (exact) mass is 231 g/mol. The lowest BCUT2D eigenvalue weighted by Crippen LogP contribution is -1.97. The van der Waals surface area contributed by atoms with E-state index >= 15 is 0 Å². The van der Waals surface area contributed by atoms with Crippen LogP contribution in [-0.2, 0) is 7.05 Å². The van der Waals surface area contributed by atoms with E-state index in [1.807, 2.05) is 32.2 Å². The van der Waals surface area contributed by atoms with Gasteiger partial charge in [0.25, 0.3) is 0 Å². The number of ether oxygens (including phenoxy) is 2. The fourth-order valence-electron chi connectivity index (χ4n) is 1.96. The summed E-state index contributed by atoms with van der Waals surface area (Å²) in [7, 11) is 1.83. The summed E-state index contributed by atoms with van der Waals surface area (Å²) in [6.45, 7) is 2.24. The Balaban J connectivity index is 2.12. The van der Waals surface area contributed by atoms with Gasteiger partial charge in [0, 0.05) is 18.2 Å². The summed E-state index contributed by atoms with van der Waals surface area (Å²) in [5.41, 5.74) is 8.74. The second-order valence-electron chi connectivity index (χ2n) is 4.05. The summed E-state index contributed by atoms with van der Waals surface area (Å²) in [5.74, 6) is 2.21. The van der Waals surface area contributed by atoms with Crippen LogP contribution >= 0.6 is 0 Å². The molecule has 2 N–H and O–H groups in total. The molecule has 5 heteroatoms. The summed E-state index contributed by atoms with van der Waals surface area (Å²) < 4.78 is 12.3. The van der Waals surface area contributed by atoms with E-state index in [9.17, 15) is 0 Å². The first-order valence-electron chi connectivity index (χ1n) is 5.36. The molecule has 2 aromatic rings. The fourth-order valence-corrected chi connectivity index (χ4v) is 1.96. The zero-order valence-electron chi connectivity index (χ0n) is 9.73. The standard InChI is InChI=1S/C12H13N3O2/c1-7-11(14-15(2)12(7)13)8-3-4-9-10(5-8)17-6-16-9/h3-5H,6,13H2,1-2H3. The molecular formula is C12H13N3O2. The molecule has 2 heterocycles. The summed E-state index contributed by atoms with van der Waals surface area (Å²) in [6.07, 6.45) is 0. The number of aryl methyl sites for hydroxylation is 1. The molecule has 0 spiro atoms. The molecule has 88 valence electrons. The van der Waals surface area contributed by atoms with Crippen molar-refractivity contribution in [1.82, 2.24) is 9.78 Å². The van der Waals surface area contributed by atoms with Crippen molar-refractivity contribution < 1.29 is 9.47 Å². The van der Waals surface area contributed by atoms with Gasteiger partial charge in [0.15, 0.2) is 11.5 Å². The quantitative estimate of drug-likeness (QED) is 0.811. The van der Waals surface area contributed by atoms with Gasteiger partial charge < -0.3 is 15.2 Å². The minimum absolute atomic E-state index is 0.280. The molecule has 3 rings (SSSR count). The van der Waals surface area contributed by atoms with E-state index in [-0.39, 0.29) is 6.79 Å². The van der Waals surface area contributed by atoms with Crippen molar-refractivity contribution in [3.05, 3.63) is 23.8 Å². The average molecular weight is 231 g/mol. The van der Waals surface area contributed by atoms with Crippen molar-refractivity contribution in [2.75, 3.05) is 12.5 Å². The van der Waals surface area contributed by atoms with Gasteiger partial charge in [0.2, 0.25) is 6.79 Å². The predicted octanol–water partition coefficient (Wildman–Crippen LogP) is 1.71. The van der Waals surface area contributed by atoms with Crippen molar-refractivity contribution >= 4 is 5.82 Å². The highest BCUT2D eigenvalue weighted by Crippen LogP contribution is 2.36. The number of fused-ring (bicyclic) bond motifs is 1. The Morgan fingerprint density at radius 1 is 1.29 bits per heavy atom. The first-order valence-corrected chi connectivity index (χ1v) is 5.36. The van der Waals surface area contributed by atoms with Gasteiger partial charge >= 0.3 is 0 Å². The van der Waals surface area contributed by atoms with Crippen LogP contribution in [0.25, 0.3) is 11.3 Å². The Hall–Kier alpha value is -2.17. The highest BCUT2D eigenvalue weighted by atomic mass is 16.7. The third-order valence-corrected chi connectivity index (χ3v) is 2.98. The van der Waals surface area contributed by atoms with Crippen molar-refractivity contribution in [2.24, 2.45) is 7.05 Å². The van der Waals surface area contributed by atoms with Crippen molar-refractivity contribution in [2.45, 2.75) is 6.92 Å². The maximum absolute atomic E-state index is 5.90. The molecule has 0 aliphatic carbocycles. The third kappa shape index (κ3) is 1.43. The van der Waals surface area contributed by atoms with E-state index in [4.69, 9.17) is 15.2 Å². The van der Waals surface area contributed by atoms with Gasteiger partial charge in [-0.05, 0) is 25.1 Å². The minimum atomic E-state index is 0.280. The number of nitrogen functional groups attached to an aromatic ring is 1. The Labute approximate surface area is 98.8 Å². The second-order valence-corrected chi connectivity index (χ2v) is 4.05. The van der Waals surface area contributed by atoms with E-state index in [0.29, 0.717) is 5.82 Å². The maximum atomic E-state index is 5.90. The minimum Gasteiger partial charge on any atom is -0.454 e. The summed E-state index contributed by atoms with van der Waals surface area (Å²) in [4.78, 5) is 0. The number of benzene rings is 1. The Bertz CT molecular complexity index is 590. The molecule has 0 bridgehead atoms. The molecular weight excluding hydrogens is 218 g/mol. The molecule has 5 nitrogen and oxygen atoms in total. The lowest BCUT2D eigenvalue weighted by molar-refractivity contribution is 0.174. The SMILES string of the molecule is Cc1c(-c2ccc3c(c2)OCO3)nn(C)c1N. The second kappa shape index (κ2) is 3.41. The summed E-state index contributed by atoms with van der Waals surface area (Å²) in [5, 5.41) is 4.40. The van der Waals surface area contributed by atoms with Crippen molar-refractivity contribution in [3.8, 4) is 22.8 Å². The number of hydrogen-bond donors (Lipinski definition) is 1. The van der Waals surface area contributed by atoms with E-state index in [2.05, 4.69) is 5.10 Å². The van der Waals surface area contributed by atoms with Crippen LogP contribution in [0.1, 0.15) is 5.56 Å². The van der Waals surface area contributed by atoms with E-state index < -0.39 is 0 Å². The average Bonchev–Trinajstić information content (AvgIpc) is 2.89. The molecule has 0 saturated carbocycles. The Morgan fingerprint density at radius 3 is 2.76 bits per heavy atom. The number of aromatic nitrogens is 2.